The number of aliphatic hydroxyl groups is 1. The highest BCUT2D eigenvalue weighted by atomic mass is 16.5. The maximum absolute atomic E-state index is 13.6. The molecule has 1 N–H and O–H groups in total. The van der Waals surface area contributed by atoms with E-state index in [0.717, 1.165) is 54.5 Å². The van der Waals surface area contributed by atoms with E-state index in [1.165, 1.54) is 32.1 Å². The average Bonchev–Trinajstić information content (AvgIpc) is 3.38. The van der Waals surface area contributed by atoms with Crippen molar-refractivity contribution in [2.45, 2.75) is 76.9 Å². The number of ketones is 1. The second-order valence-electron chi connectivity index (χ2n) is 12.2. The van der Waals surface area contributed by atoms with Crippen LogP contribution in [0.1, 0.15) is 64.7 Å². The molecule has 8 atom stereocenters. The van der Waals surface area contributed by atoms with Crippen molar-refractivity contribution >= 4 is 16.8 Å². The number of Topliss-reactive ketones (excluding diaryl/α,β-unsaturated/α-hetero) is 1. The lowest BCUT2D eigenvalue weighted by molar-refractivity contribution is -0.136. The molecule has 0 aromatic carbocycles. The van der Waals surface area contributed by atoms with Crippen LogP contribution in [0, 0.1) is 40.9 Å². The summed E-state index contributed by atoms with van der Waals surface area (Å²) < 4.78 is 7.15. The Morgan fingerprint density at radius 3 is 2.79 bits per heavy atom. The van der Waals surface area contributed by atoms with E-state index in [9.17, 15) is 9.90 Å². The number of carbonyl (C=O) groups excluding carboxylic acids is 1. The standard InChI is InChI=1S/C28H39N3O3/c1-27-11-9-20-19-10-12-28(33,17-34-2)14-18(19)5-6-21(20)22(27)7-8-23(27)26(32)16-31-15-25-24(30-31)4-3-13-29-25/h3-4,13,15,18-23,33H,5-12,14,16-17H2,1-2H3/t18-,19-,20+,21?,22-,23+,27-,28+/m0/s1. The van der Waals surface area contributed by atoms with Crippen molar-refractivity contribution in [3.8, 4) is 0 Å². The number of hydrogen-bond donors (Lipinski definition) is 1. The summed E-state index contributed by atoms with van der Waals surface area (Å²) in [6.07, 6.45) is 13.8. The number of rotatable bonds is 5. The van der Waals surface area contributed by atoms with E-state index in [4.69, 9.17) is 4.74 Å². The van der Waals surface area contributed by atoms with E-state index in [1.54, 1.807) is 18.0 Å². The van der Waals surface area contributed by atoms with Gasteiger partial charge in [-0.1, -0.05) is 6.92 Å². The van der Waals surface area contributed by atoms with Gasteiger partial charge in [0, 0.05) is 19.2 Å². The highest BCUT2D eigenvalue weighted by Crippen LogP contribution is 2.64. The van der Waals surface area contributed by atoms with Crippen molar-refractivity contribution in [2.75, 3.05) is 13.7 Å². The number of ether oxygens (including phenoxy) is 1. The van der Waals surface area contributed by atoms with Crippen molar-refractivity contribution in [1.29, 1.82) is 0 Å². The lowest BCUT2D eigenvalue weighted by atomic mass is 9.49. The molecule has 0 radical (unpaired) electrons. The largest absolute Gasteiger partial charge is 0.387 e. The number of carbonyl (C=O) groups is 1. The number of methoxy groups -OCH3 is 1. The molecule has 4 aliphatic rings. The van der Waals surface area contributed by atoms with Crippen LogP contribution in [0.2, 0.25) is 0 Å². The van der Waals surface area contributed by atoms with Gasteiger partial charge in [-0.05, 0) is 105 Å². The van der Waals surface area contributed by atoms with Gasteiger partial charge in [-0.3, -0.25) is 14.5 Å². The average molecular weight is 466 g/mol. The van der Waals surface area contributed by atoms with Crippen LogP contribution in [0.15, 0.2) is 24.5 Å². The van der Waals surface area contributed by atoms with Gasteiger partial charge >= 0.3 is 0 Å². The first-order valence-electron chi connectivity index (χ1n) is 13.4. The summed E-state index contributed by atoms with van der Waals surface area (Å²) >= 11 is 0. The van der Waals surface area contributed by atoms with Crippen LogP contribution in [0.3, 0.4) is 0 Å². The maximum Gasteiger partial charge on any atom is 0.157 e. The van der Waals surface area contributed by atoms with E-state index in [0.29, 0.717) is 30.8 Å². The minimum atomic E-state index is -0.621. The first-order chi connectivity index (χ1) is 16.4. The second-order valence-corrected chi connectivity index (χ2v) is 12.2. The Labute approximate surface area is 202 Å². The van der Waals surface area contributed by atoms with Crippen molar-refractivity contribution in [2.24, 2.45) is 40.9 Å². The maximum atomic E-state index is 13.6. The van der Waals surface area contributed by atoms with Gasteiger partial charge in [0.25, 0.3) is 0 Å². The molecule has 1 unspecified atom stereocenters. The Kier molecular flexibility index (Phi) is 5.60. The first kappa shape index (κ1) is 22.7. The summed E-state index contributed by atoms with van der Waals surface area (Å²) in [7, 11) is 1.70. The molecule has 6 rings (SSSR count). The molecular formula is C28H39N3O3. The zero-order valence-corrected chi connectivity index (χ0v) is 20.7. The molecule has 6 heteroatoms. The second kappa shape index (κ2) is 8.41. The fraction of sp³-hybridized carbons (Fsp3) is 0.750. The molecule has 2 aromatic heterocycles. The minimum Gasteiger partial charge on any atom is -0.387 e. The van der Waals surface area contributed by atoms with Gasteiger partial charge in [0.2, 0.25) is 0 Å². The molecule has 6 nitrogen and oxygen atoms in total. The fourth-order valence-corrected chi connectivity index (χ4v) is 9.14. The Balaban J connectivity index is 1.16. The third kappa shape index (κ3) is 3.63. The predicted octanol–water partition coefficient (Wildman–Crippen LogP) is 4.65. The van der Waals surface area contributed by atoms with Gasteiger partial charge in [-0.25, -0.2) is 0 Å². The summed E-state index contributed by atoms with van der Waals surface area (Å²) in [5, 5.41) is 15.6. The van der Waals surface area contributed by atoms with Gasteiger partial charge in [0.05, 0.1) is 24.9 Å². The van der Waals surface area contributed by atoms with E-state index >= 15 is 0 Å². The minimum absolute atomic E-state index is 0.126. The summed E-state index contributed by atoms with van der Waals surface area (Å²) in [6.45, 7) is 3.26. The Morgan fingerprint density at radius 1 is 1.12 bits per heavy atom. The highest BCUT2D eigenvalue weighted by Gasteiger charge is 2.59. The van der Waals surface area contributed by atoms with Gasteiger partial charge in [-0.15, -0.1) is 0 Å². The molecule has 0 bridgehead atoms. The van der Waals surface area contributed by atoms with Crippen LogP contribution < -0.4 is 0 Å². The van der Waals surface area contributed by atoms with Crippen molar-refractivity contribution < 1.29 is 14.6 Å². The quantitative estimate of drug-likeness (QED) is 0.696. The Bertz CT molecular complexity index is 1040. The first-order valence-corrected chi connectivity index (χ1v) is 13.4. The molecule has 2 heterocycles. The SMILES string of the molecule is COC[C@@]1(O)CC[C@H]2[C@@H](CCC3[C@@H]2CC[C@]2(C)[C@@H](C(=O)Cn4cc5ncccc5n4)CC[C@@H]32)C1. The van der Waals surface area contributed by atoms with E-state index in [-0.39, 0.29) is 11.3 Å². The molecule has 0 amide bonds. The van der Waals surface area contributed by atoms with Crippen LogP contribution in [-0.4, -0.2) is 45.0 Å². The lowest BCUT2D eigenvalue weighted by Gasteiger charge is -2.57. The van der Waals surface area contributed by atoms with Crippen molar-refractivity contribution in [3.05, 3.63) is 24.5 Å². The number of nitrogens with zero attached hydrogens (tertiary/aromatic N) is 3. The van der Waals surface area contributed by atoms with Crippen LogP contribution in [0.25, 0.3) is 11.0 Å². The van der Waals surface area contributed by atoms with E-state index in [1.807, 2.05) is 18.3 Å². The van der Waals surface area contributed by atoms with E-state index < -0.39 is 5.60 Å². The number of fused-ring (bicyclic) bond motifs is 6. The molecule has 4 aliphatic carbocycles. The summed E-state index contributed by atoms with van der Waals surface area (Å²) in [6, 6.07) is 3.84. The third-order valence-electron chi connectivity index (χ3n) is 10.5. The monoisotopic (exact) mass is 465 g/mol. The molecule has 0 saturated heterocycles. The number of aromatic nitrogens is 3. The molecule has 2 aromatic rings. The summed E-state index contributed by atoms with van der Waals surface area (Å²) in [5.41, 5.74) is 1.21. The van der Waals surface area contributed by atoms with Gasteiger partial charge in [0.15, 0.2) is 5.78 Å². The van der Waals surface area contributed by atoms with Crippen LogP contribution >= 0.6 is 0 Å². The third-order valence-corrected chi connectivity index (χ3v) is 10.5. The molecular weight excluding hydrogens is 426 g/mol. The Hall–Kier alpha value is -1.79. The predicted molar refractivity (Wildman–Crippen MR) is 130 cm³/mol. The summed E-state index contributed by atoms with van der Waals surface area (Å²) in [4.78, 5) is 17.9. The lowest BCUT2D eigenvalue weighted by Crippen LogP contribution is -2.52. The molecule has 4 fully saturated rings. The van der Waals surface area contributed by atoms with Crippen LogP contribution in [0.5, 0.6) is 0 Å². The van der Waals surface area contributed by atoms with Gasteiger partial charge < -0.3 is 9.84 Å². The molecule has 184 valence electrons. The molecule has 34 heavy (non-hydrogen) atoms. The normalized spacial score (nSPS) is 41.6. The van der Waals surface area contributed by atoms with Crippen LogP contribution in [-0.2, 0) is 16.1 Å². The molecule has 0 aliphatic heterocycles. The number of pyridine rings is 1. The van der Waals surface area contributed by atoms with E-state index in [2.05, 4.69) is 17.0 Å². The van der Waals surface area contributed by atoms with Crippen LogP contribution in [0.4, 0.5) is 0 Å². The number of hydrogen-bond acceptors (Lipinski definition) is 5. The topological polar surface area (TPSA) is 77.2 Å². The van der Waals surface area contributed by atoms with Gasteiger partial charge in [-0.2, -0.15) is 5.10 Å². The Morgan fingerprint density at radius 2 is 1.97 bits per heavy atom. The zero-order valence-electron chi connectivity index (χ0n) is 20.7. The van der Waals surface area contributed by atoms with Crippen molar-refractivity contribution in [3.63, 3.8) is 0 Å². The van der Waals surface area contributed by atoms with Gasteiger partial charge in [0.1, 0.15) is 11.0 Å². The highest BCUT2D eigenvalue weighted by molar-refractivity contribution is 5.82. The summed E-state index contributed by atoms with van der Waals surface area (Å²) in [5.74, 6) is 4.09. The fourth-order valence-electron chi connectivity index (χ4n) is 9.14. The smallest absolute Gasteiger partial charge is 0.157 e. The zero-order chi connectivity index (χ0) is 23.5. The molecule has 0 spiro atoms. The van der Waals surface area contributed by atoms with Crippen molar-refractivity contribution in [1.82, 2.24) is 14.8 Å². The molecule has 4 saturated carbocycles.